The van der Waals surface area contributed by atoms with Crippen LogP contribution in [0.25, 0.3) is 55.6 Å². The molecule has 11 aromatic rings. The fraction of sp³-hybridized carbons (Fsp3) is 0.143. The molecule has 4 aliphatic carbocycles. The van der Waals surface area contributed by atoms with Crippen molar-refractivity contribution in [2.75, 3.05) is 9.80 Å². The van der Waals surface area contributed by atoms with Crippen LogP contribution in [-0.4, -0.2) is 0 Å². The van der Waals surface area contributed by atoms with Gasteiger partial charge in [-0.25, -0.2) is 0 Å². The van der Waals surface area contributed by atoms with Crippen LogP contribution in [0.1, 0.15) is 98.5 Å². The third-order valence-corrected chi connectivity index (χ3v) is 18.4. The molecule has 0 fully saturated rings. The van der Waals surface area contributed by atoms with E-state index in [1.54, 1.807) is 0 Å². The van der Waals surface area contributed by atoms with Gasteiger partial charge in [-0.2, -0.15) is 0 Å². The third kappa shape index (κ3) is 6.77. The van der Waals surface area contributed by atoms with Crippen molar-refractivity contribution in [3.63, 3.8) is 0 Å². The first kappa shape index (κ1) is 47.3. The zero-order chi connectivity index (χ0) is 53.6. The Kier molecular flexibility index (Phi) is 10.2. The Balaban J connectivity index is 1.04. The van der Waals surface area contributed by atoms with E-state index in [1.165, 1.54) is 100 Å². The number of benzene rings is 11. The Labute approximate surface area is 466 Å². The summed E-state index contributed by atoms with van der Waals surface area (Å²) in [5.41, 5.74) is 30.5. The summed E-state index contributed by atoms with van der Waals surface area (Å²) in [4.78, 5) is 5.01. The fourth-order valence-corrected chi connectivity index (χ4v) is 14.6. The second-order valence-corrected chi connectivity index (χ2v) is 24.5. The summed E-state index contributed by atoms with van der Waals surface area (Å²) in [6.07, 6.45) is 0. The third-order valence-electron chi connectivity index (χ3n) is 18.4. The van der Waals surface area contributed by atoms with E-state index in [1.807, 2.05) is 0 Å². The second kappa shape index (κ2) is 17.0. The molecule has 79 heavy (non-hydrogen) atoms. The van der Waals surface area contributed by atoms with Gasteiger partial charge in [0.2, 0.25) is 0 Å². The maximum atomic E-state index is 2.57. The number of fused-ring (bicyclic) bond motifs is 16. The monoisotopic (exact) mass is 1010 g/mol. The molecular weight excluding hydrogens is 953 g/mol. The summed E-state index contributed by atoms with van der Waals surface area (Å²) in [6, 6.07) is 94.5. The van der Waals surface area contributed by atoms with Crippen molar-refractivity contribution in [2.45, 2.75) is 70.1 Å². The maximum Gasteiger partial charge on any atom is 0.0725 e. The van der Waals surface area contributed by atoms with Gasteiger partial charge >= 0.3 is 0 Å². The van der Waals surface area contributed by atoms with Gasteiger partial charge < -0.3 is 9.80 Å². The van der Waals surface area contributed by atoms with Crippen LogP contribution in [0.2, 0.25) is 0 Å². The molecule has 11 aromatic carbocycles. The topological polar surface area (TPSA) is 6.48 Å². The van der Waals surface area contributed by atoms with Gasteiger partial charge in [0.15, 0.2) is 0 Å². The van der Waals surface area contributed by atoms with Crippen molar-refractivity contribution in [3.05, 3.63) is 299 Å². The maximum absolute atomic E-state index is 2.57. The van der Waals surface area contributed by atoms with Crippen molar-refractivity contribution < 1.29 is 0 Å². The molecule has 0 aliphatic heterocycles. The quantitative estimate of drug-likeness (QED) is 0.157. The zero-order valence-electron chi connectivity index (χ0n) is 46.1. The molecule has 4 aliphatic rings. The second-order valence-electron chi connectivity index (χ2n) is 24.5. The highest BCUT2D eigenvalue weighted by molar-refractivity contribution is 6.02. The van der Waals surface area contributed by atoms with Gasteiger partial charge in [0.25, 0.3) is 0 Å². The Bertz CT molecular complexity index is 4090. The summed E-state index contributed by atoms with van der Waals surface area (Å²) in [5.74, 6) is 0. The van der Waals surface area contributed by atoms with Crippen LogP contribution in [0, 0.1) is 0 Å². The fourth-order valence-electron chi connectivity index (χ4n) is 14.6. The molecular formula is C77H62N2. The first-order chi connectivity index (χ1) is 38.3. The van der Waals surface area contributed by atoms with E-state index in [2.05, 4.69) is 307 Å². The first-order valence-corrected chi connectivity index (χ1v) is 28.2. The van der Waals surface area contributed by atoms with Crippen LogP contribution in [0.3, 0.4) is 0 Å². The molecule has 0 aromatic heterocycles. The van der Waals surface area contributed by atoms with Gasteiger partial charge in [-0.3, -0.25) is 0 Å². The van der Waals surface area contributed by atoms with Gasteiger partial charge in [-0.15, -0.1) is 0 Å². The number of hydrogen-bond donors (Lipinski definition) is 0. The van der Waals surface area contributed by atoms with Crippen molar-refractivity contribution in [1.82, 2.24) is 0 Å². The van der Waals surface area contributed by atoms with E-state index in [0.29, 0.717) is 0 Å². The number of rotatable bonds is 7. The highest BCUT2D eigenvalue weighted by Crippen LogP contribution is 2.65. The SMILES string of the molecule is CC(C)(C)c1cc(-c2cc(N(c3ccccc3)c3ccc4c(c3)C(C)(C)c3ccccc3-4)cc(N(c3ccccc3)c3ccc4c(c3)C(C)(C)c3ccccc3-4)c2)c2c(c1)C1(c3ccccc3-c3ccccc31)c1ccccc1-2. The van der Waals surface area contributed by atoms with Gasteiger partial charge in [0.1, 0.15) is 0 Å². The minimum Gasteiger partial charge on any atom is -0.310 e. The van der Waals surface area contributed by atoms with E-state index in [9.17, 15) is 0 Å². The molecule has 0 amide bonds. The average molecular weight is 1020 g/mol. The lowest BCUT2D eigenvalue weighted by atomic mass is 9.69. The highest BCUT2D eigenvalue weighted by Gasteiger charge is 2.52. The molecule has 380 valence electrons. The molecule has 0 N–H and O–H groups in total. The zero-order valence-corrected chi connectivity index (χ0v) is 46.1. The van der Waals surface area contributed by atoms with Crippen LogP contribution in [0.4, 0.5) is 34.1 Å². The lowest BCUT2D eigenvalue weighted by molar-refractivity contribution is 0.588. The van der Waals surface area contributed by atoms with Crippen LogP contribution in [0.5, 0.6) is 0 Å². The summed E-state index contributed by atoms with van der Waals surface area (Å²) >= 11 is 0. The van der Waals surface area contributed by atoms with E-state index < -0.39 is 5.41 Å². The molecule has 0 unspecified atom stereocenters. The van der Waals surface area contributed by atoms with Crippen molar-refractivity contribution in [2.24, 2.45) is 0 Å². The Morgan fingerprint density at radius 3 is 1.08 bits per heavy atom. The van der Waals surface area contributed by atoms with E-state index in [-0.39, 0.29) is 16.2 Å². The molecule has 2 heteroatoms. The average Bonchev–Trinajstić information content (AvgIpc) is 2.17. The Morgan fingerprint density at radius 1 is 0.266 bits per heavy atom. The van der Waals surface area contributed by atoms with Crippen LogP contribution in [-0.2, 0) is 21.7 Å². The molecule has 2 nitrogen and oxygen atoms in total. The largest absolute Gasteiger partial charge is 0.310 e. The number of hydrogen-bond acceptors (Lipinski definition) is 2. The minimum absolute atomic E-state index is 0.173. The van der Waals surface area contributed by atoms with E-state index in [0.717, 1.165) is 39.7 Å². The van der Waals surface area contributed by atoms with Crippen molar-refractivity contribution >= 4 is 34.1 Å². The Morgan fingerprint density at radius 2 is 0.633 bits per heavy atom. The van der Waals surface area contributed by atoms with Crippen molar-refractivity contribution in [1.29, 1.82) is 0 Å². The van der Waals surface area contributed by atoms with Crippen LogP contribution in [0.15, 0.2) is 249 Å². The summed E-state index contributed by atoms with van der Waals surface area (Å²) in [6.45, 7) is 16.7. The van der Waals surface area contributed by atoms with Gasteiger partial charge in [-0.1, -0.05) is 224 Å². The lowest BCUT2D eigenvalue weighted by Gasteiger charge is -2.33. The molecule has 0 saturated heterocycles. The van der Waals surface area contributed by atoms with E-state index in [4.69, 9.17) is 0 Å². The normalized spacial score (nSPS) is 14.8. The van der Waals surface area contributed by atoms with Gasteiger partial charge in [0.05, 0.1) is 5.41 Å². The molecule has 0 radical (unpaired) electrons. The van der Waals surface area contributed by atoms with Crippen LogP contribution < -0.4 is 9.80 Å². The number of para-hydroxylation sites is 2. The van der Waals surface area contributed by atoms with Gasteiger partial charge in [-0.05, 0) is 184 Å². The number of nitrogens with zero attached hydrogens (tertiary/aromatic N) is 2. The van der Waals surface area contributed by atoms with Gasteiger partial charge in [0, 0.05) is 45.0 Å². The molecule has 0 bridgehead atoms. The molecule has 0 heterocycles. The van der Waals surface area contributed by atoms with Crippen LogP contribution >= 0.6 is 0 Å². The highest BCUT2D eigenvalue weighted by atomic mass is 15.2. The predicted octanol–water partition coefficient (Wildman–Crippen LogP) is 20.5. The smallest absolute Gasteiger partial charge is 0.0725 e. The number of anilines is 6. The van der Waals surface area contributed by atoms with Crippen molar-refractivity contribution in [3.8, 4) is 55.6 Å². The molecule has 0 saturated carbocycles. The summed E-state index contributed by atoms with van der Waals surface area (Å²) < 4.78 is 0. The Hall–Kier alpha value is -8.98. The summed E-state index contributed by atoms with van der Waals surface area (Å²) in [7, 11) is 0. The first-order valence-electron chi connectivity index (χ1n) is 28.2. The van der Waals surface area contributed by atoms with E-state index >= 15 is 0 Å². The standard InChI is InChI=1S/C77H62N2/c1-74(2,3)50-44-64(73-63-32-18-23-37-69(63)77(72(73)45-50)67-35-21-16-30-59(67)60-31-17-22-36-68(60)77)49-42-55(78(51-24-10-8-11-25-51)53-38-40-61-57-28-14-19-33-65(57)75(4,5)70(61)47-53)46-56(43-49)79(52-26-12-9-13-27-52)54-39-41-62-58-29-15-20-34-66(58)76(6,7)71(62)48-54/h8-48H,1-7H3. The molecule has 1 spiro atoms. The minimum atomic E-state index is -0.509. The molecule has 0 atom stereocenters. The summed E-state index contributed by atoms with van der Waals surface area (Å²) in [5, 5.41) is 0. The molecule has 15 rings (SSSR count). The lowest BCUT2D eigenvalue weighted by Crippen LogP contribution is -2.26. The predicted molar refractivity (Wildman–Crippen MR) is 331 cm³/mol.